The number of carbonyl (C=O) groups excluding carboxylic acids is 2. The third-order valence-electron chi connectivity index (χ3n) is 2.84. The Balaban J connectivity index is 1.95. The molecule has 2 aliphatic rings. The van der Waals surface area contributed by atoms with E-state index in [1.807, 2.05) is 0 Å². The highest BCUT2D eigenvalue weighted by atomic mass is 16.2. The molecule has 0 aromatic rings. The van der Waals surface area contributed by atoms with Crippen LogP contribution in [0.1, 0.15) is 19.3 Å². The van der Waals surface area contributed by atoms with E-state index in [-0.39, 0.29) is 11.9 Å². The van der Waals surface area contributed by atoms with E-state index in [1.54, 1.807) is 4.90 Å². The lowest BCUT2D eigenvalue weighted by Crippen LogP contribution is -2.55. The van der Waals surface area contributed by atoms with Gasteiger partial charge in [-0.15, -0.1) is 0 Å². The van der Waals surface area contributed by atoms with Gasteiger partial charge in [-0.2, -0.15) is 0 Å². The molecular formula is C9H15N3O2. The highest BCUT2D eigenvalue weighted by Crippen LogP contribution is 2.14. The molecule has 2 aliphatic heterocycles. The van der Waals surface area contributed by atoms with Gasteiger partial charge in [-0.05, 0) is 25.9 Å². The van der Waals surface area contributed by atoms with Crippen molar-refractivity contribution >= 4 is 11.9 Å². The maximum absolute atomic E-state index is 11.5. The van der Waals surface area contributed by atoms with Crippen molar-refractivity contribution in [2.45, 2.75) is 25.3 Å². The first-order chi connectivity index (χ1) is 6.77. The first-order valence-corrected chi connectivity index (χ1v) is 5.08. The van der Waals surface area contributed by atoms with Crippen LogP contribution in [0.15, 0.2) is 0 Å². The van der Waals surface area contributed by atoms with Crippen LogP contribution >= 0.6 is 0 Å². The van der Waals surface area contributed by atoms with Crippen LogP contribution in [-0.2, 0) is 4.79 Å². The minimum Gasteiger partial charge on any atom is -0.321 e. The Labute approximate surface area is 82.8 Å². The standard InChI is InChI=1S/C9H15N3O2/c13-8-3-6-12(9(14)11-8)7-1-4-10-5-2-7/h7,10H,1-6H2,(H,11,13,14). The molecule has 0 radical (unpaired) electrons. The maximum Gasteiger partial charge on any atom is 0.324 e. The molecule has 5 heteroatoms. The van der Waals surface area contributed by atoms with Crippen molar-refractivity contribution in [1.29, 1.82) is 0 Å². The van der Waals surface area contributed by atoms with Crippen LogP contribution in [0.25, 0.3) is 0 Å². The van der Waals surface area contributed by atoms with Gasteiger partial charge in [0.15, 0.2) is 0 Å². The van der Waals surface area contributed by atoms with Crippen LogP contribution in [0.2, 0.25) is 0 Å². The molecule has 2 N–H and O–H groups in total. The smallest absolute Gasteiger partial charge is 0.321 e. The summed E-state index contributed by atoms with van der Waals surface area (Å²) in [4.78, 5) is 24.2. The Morgan fingerprint density at radius 3 is 2.57 bits per heavy atom. The molecule has 14 heavy (non-hydrogen) atoms. The number of hydrogen-bond donors (Lipinski definition) is 2. The van der Waals surface area contributed by atoms with E-state index in [1.165, 1.54) is 0 Å². The van der Waals surface area contributed by atoms with E-state index in [4.69, 9.17) is 0 Å². The molecule has 0 aromatic carbocycles. The van der Waals surface area contributed by atoms with Gasteiger partial charge in [0.05, 0.1) is 0 Å². The summed E-state index contributed by atoms with van der Waals surface area (Å²) >= 11 is 0. The van der Waals surface area contributed by atoms with Crippen molar-refractivity contribution in [2.75, 3.05) is 19.6 Å². The average molecular weight is 197 g/mol. The third-order valence-corrected chi connectivity index (χ3v) is 2.84. The fourth-order valence-corrected chi connectivity index (χ4v) is 2.04. The van der Waals surface area contributed by atoms with Gasteiger partial charge in [-0.1, -0.05) is 0 Å². The Kier molecular flexibility index (Phi) is 2.67. The Bertz CT molecular complexity index is 248. The molecule has 0 aromatic heterocycles. The zero-order chi connectivity index (χ0) is 9.97. The van der Waals surface area contributed by atoms with Gasteiger partial charge in [-0.25, -0.2) is 4.79 Å². The molecule has 3 amide bonds. The zero-order valence-electron chi connectivity index (χ0n) is 8.08. The predicted octanol–water partition coefficient (Wildman–Crippen LogP) is -0.320. The Morgan fingerprint density at radius 1 is 1.21 bits per heavy atom. The average Bonchev–Trinajstić information content (AvgIpc) is 2.19. The second-order valence-corrected chi connectivity index (χ2v) is 3.78. The van der Waals surface area contributed by atoms with E-state index in [0.29, 0.717) is 19.0 Å². The second-order valence-electron chi connectivity index (χ2n) is 3.78. The van der Waals surface area contributed by atoms with E-state index in [2.05, 4.69) is 10.6 Å². The van der Waals surface area contributed by atoms with Crippen molar-refractivity contribution in [3.63, 3.8) is 0 Å². The van der Waals surface area contributed by atoms with Gasteiger partial charge in [-0.3, -0.25) is 10.1 Å². The number of piperidine rings is 1. The van der Waals surface area contributed by atoms with Crippen LogP contribution in [0, 0.1) is 0 Å². The van der Waals surface area contributed by atoms with Crippen LogP contribution in [0.4, 0.5) is 4.79 Å². The first kappa shape index (κ1) is 9.45. The summed E-state index contributed by atoms with van der Waals surface area (Å²) in [5.74, 6) is -0.153. The summed E-state index contributed by atoms with van der Waals surface area (Å²) in [5, 5.41) is 5.61. The first-order valence-electron chi connectivity index (χ1n) is 5.08. The highest BCUT2D eigenvalue weighted by molar-refractivity contribution is 5.96. The van der Waals surface area contributed by atoms with Crippen molar-refractivity contribution in [3.8, 4) is 0 Å². The van der Waals surface area contributed by atoms with E-state index in [0.717, 1.165) is 25.9 Å². The van der Waals surface area contributed by atoms with Crippen molar-refractivity contribution in [3.05, 3.63) is 0 Å². The van der Waals surface area contributed by atoms with Crippen LogP contribution < -0.4 is 10.6 Å². The summed E-state index contributed by atoms with van der Waals surface area (Å²) in [7, 11) is 0. The molecule has 0 aliphatic carbocycles. The van der Waals surface area contributed by atoms with Crippen LogP contribution in [-0.4, -0.2) is 42.5 Å². The normalized spacial score (nSPS) is 25.0. The fraction of sp³-hybridized carbons (Fsp3) is 0.778. The molecule has 0 bridgehead atoms. The molecule has 78 valence electrons. The van der Waals surface area contributed by atoms with Gasteiger partial charge in [0.1, 0.15) is 0 Å². The van der Waals surface area contributed by atoms with Crippen LogP contribution in [0.5, 0.6) is 0 Å². The van der Waals surface area contributed by atoms with E-state index >= 15 is 0 Å². The summed E-state index contributed by atoms with van der Waals surface area (Å²) in [6.45, 7) is 2.50. The van der Waals surface area contributed by atoms with E-state index in [9.17, 15) is 9.59 Å². The molecule has 0 atom stereocenters. The van der Waals surface area contributed by atoms with Gasteiger partial charge < -0.3 is 10.2 Å². The van der Waals surface area contributed by atoms with Crippen molar-refractivity contribution < 1.29 is 9.59 Å². The maximum atomic E-state index is 11.5. The summed E-state index contributed by atoms with van der Waals surface area (Å²) in [6.07, 6.45) is 2.42. The molecule has 5 nitrogen and oxygen atoms in total. The molecule has 2 saturated heterocycles. The number of rotatable bonds is 1. The van der Waals surface area contributed by atoms with Gasteiger partial charge in [0.25, 0.3) is 0 Å². The topological polar surface area (TPSA) is 61.4 Å². The number of nitrogens with zero attached hydrogens (tertiary/aromatic N) is 1. The molecular weight excluding hydrogens is 182 g/mol. The van der Waals surface area contributed by atoms with Gasteiger partial charge in [0, 0.05) is 19.0 Å². The minimum absolute atomic E-state index is 0.153. The lowest BCUT2D eigenvalue weighted by Gasteiger charge is -2.36. The fourth-order valence-electron chi connectivity index (χ4n) is 2.04. The molecule has 2 rings (SSSR count). The second kappa shape index (κ2) is 3.96. The number of hydrogen-bond acceptors (Lipinski definition) is 3. The summed E-state index contributed by atoms with van der Waals surface area (Å²) in [5.41, 5.74) is 0. The number of imide groups is 1. The Hall–Kier alpha value is -1.10. The lowest BCUT2D eigenvalue weighted by molar-refractivity contribution is -0.121. The molecule has 2 heterocycles. The quantitative estimate of drug-likeness (QED) is 0.605. The van der Waals surface area contributed by atoms with Crippen molar-refractivity contribution in [2.24, 2.45) is 0 Å². The highest BCUT2D eigenvalue weighted by Gasteiger charge is 2.29. The molecule has 0 spiro atoms. The monoisotopic (exact) mass is 197 g/mol. The minimum atomic E-state index is -0.215. The zero-order valence-corrected chi connectivity index (χ0v) is 8.08. The number of nitrogens with one attached hydrogen (secondary N) is 2. The largest absolute Gasteiger partial charge is 0.324 e. The lowest BCUT2D eigenvalue weighted by atomic mass is 10.0. The summed E-state index contributed by atoms with van der Waals surface area (Å²) in [6, 6.07) is 0.0949. The third kappa shape index (κ3) is 1.87. The predicted molar refractivity (Wildman–Crippen MR) is 50.8 cm³/mol. The summed E-state index contributed by atoms with van der Waals surface area (Å²) < 4.78 is 0. The number of amides is 3. The number of urea groups is 1. The SMILES string of the molecule is O=C1CCN(C2CCNCC2)C(=O)N1. The molecule has 0 unspecified atom stereocenters. The molecule has 0 saturated carbocycles. The van der Waals surface area contributed by atoms with Gasteiger partial charge >= 0.3 is 6.03 Å². The van der Waals surface area contributed by atoms with E-state index < -0.39 is 0 Å². The van der Waals surface area contributed by atoms with Crippen LogP contribution in [0.3, 0.4) is 0 Å². The molecule has 2 fully saturated rings. The van der Waals surface area contributed by atoms with Crippen molar-refractivity contribution in [1.82, 2.24) is 15.5 Å². The number of carbonyl (C=O) groups is 2. The van der Waals surface area contributed by atoms with Gasteiger partial charge in [0.2, 0.25) is 5.91 Å². The Morgan fingerprint density at radius 2 is 1.93 bits per heavy atom.